The molecule has 0 aliphatic carbocycles. The summed E-state index contributed by atoms with van der Waals surface area (Å²) in [6.45, 7) is 2.68. The van der Waals surface area contributed by atoms with Gasteiger partial charge >= 0.3 is 5.97 Å². The second kappa shape index (κ2) is 10.9. The molecule has 0 spiro atoms. The summed E-state index contributed by atoms with van der Waals surface area (Å²) in [5, 5.41) is 3.39. The molecule has 4 rings (SSSR count). The maximum Gasteiger partial charge on any atom is 0.308 e. The maximum atomic E-state index is 13.1. The molecule has 3 aliphatic heterocycles. The van der Waals surface area contributed by atoms with Gasteiger partial charge in [-0.25, -0.2) is 0 Å². The Labute approximate surface area is 190 Å². The van der Waals surface area contributed by atoms with Gasteiger partial charge in [0, 0.05) is 44.1 Å². The zero-order chi connectivity index (χ0) is 22.3. The second-order valence-electron chi connectivity index (χ2n) is 9.32. The van der Waals surface area contributed by atoms with Gasteiger partial charge in [0.05, 0.1) is 6.42 Å². The summed E-state index contributed by atoms with van der Waals surface area (Å²) in [6.07, 6.45) is 6.88. The van der Waals surface area contributed by atoms with E-state index in [4.69, 9.17) is 4.74 Å². The highest BCUT2D eigenvalue weighted by Crippen LogP contribution is 2.27. The molecule has 0 bridgehead atoms. The number of ether oxygens (including phenoxy) is 1. The fraction of sp³-hybridized carbons (Fsp3) is 0.640. The molecule has 3 aliphatic rings. The minimum Gasteiger partial charge on any atom is -0.461 e. The van der Waals surface area contributed by atoms with Crippen LogP contribution in [0, 0.1) is 0 Å². The van der Waals surface area contributed by atoms with Crippen molar-refractivity contribution in [3.63, 3.8) is 0 Å². The van der Waals surface area contributed by atoms with Crippen LogP contribution >= 0.6 is 0 Å². The van der Waals surface area contributed by atoms with Crippen LogP contribution in [-0.2, 0) is 25.7 Å². The number of amides is 2. The van der Waals surface area contributed by atoms with E-state index in [1.807, 2.05) is 40.1 Å². The van der Waals surface area contributed by atoms with Crippen molar-refractivity contribution in [2.45, 2.75) is 82.5 Å². The first-order valence-corrected chi connectivity index (χ1v) is 12.1. The highest BCUT2D eigenvalue weighted by atomic mass is 16.5. The number of esters is 1. The number of rotatable bonds is 8. The van der Waals surface area contributed by atoms with Gasteiger partial charge in [0.15, 0.2) is 0 Å². The van der Waals surface area contributed by atoms with E-state index in [0.717, 1.165) is 57.2 Å². The normalized spacial score (nSPS) is 25.3. The van der Waals surface area contributed by atoms with E-state index < -0.39 is 0 Å². The number of carbonyl (C=O) groups excluding carboxylic acids is 3. The van der Waals surface area contributed by atoms with Crippen molar-refractivity contribution >= 4 is 17.8 Å². The molecule has 3 fully saturated rings. The Hall–Kier alpha value is -2.41. The molecule has 0 aromatic heterocycles. The van der Waals surface area contributed by atoms with E-state index >= 15 is 0 Å². The lowest BCUT2D eigenvalue weighted by Crippen LogP contribution is -2.43. The SMILES string of the molecule is O=C(C[C@@H]1CCCN1C(=O)C[C@@H]1CCCN1C(=O)C[C@@H]1CCCN1)OCc1ccccc1. The number of benzene rings is 1. The van der Waals surface area contributed by atoms with Gasteiger partial charge in [-0.3, -0.25) is 14.4 Å². The zero-order valence-electron chi connectivity index (χ0n) is 18.8. The summed E-state index contributed by atoms with van der Waals surface area (Å²) in [7, 11) is 0. The molecule has 0 saturated carbocycles. The van der Waals surface area contributed by atoms with Crippen molar-refractivity contribution in [2.24, 2.45) is 0 Å². The third-order valence-electron chi connectivity index (χ3n) is 7.03. The molecule has 32 heavy (non-hydrogen) atoms. The Balaban J connectivity index is 1.26. The average molecular weight is 442 g/mol. The van der Waals surface area contributed by atoms with E-state index in [-0.39, 0.29) is 48.9 Å². The van der Waals surface area contributed by atoms with Crippen molar-refractivity contribution in [2.75, 3.05) is 19.6 Å². The average Bonchev–Trinajstić information content (AvgIpc) is 3.55. The lowest BCUT2D eigenvalue weighted by atomic mass is 10.1. The van der Waals surface area contributed by atoms with Gasteiger partial charge in [-0.15, -0.1) is 0 Å². The summed E-state index contributed by atoms with van der Waals surface area (Å²) in [5.74, 6) is -0.0329. The monoisotopic (exact) mass is 441 g/mol. The maximum absolute atomic E-state index is 13.1. The quantitative estimate of drug-likeness (QED) is 0.628. The van der Waals surface area contributed by atoms with Crippen LogP contribution in [0.4, 0.5) is 0 Å². The molecule has 174 valence electrons. The van der Waals surface area contributed by atoms with E-state index in [1.54, 1.807) is 0 Å². The highest BCUT2D eigenvalue weighted by Gasteiger charge is 2.36. The van der Waals surface area contributed by atoms with E-state index in [2.05, 4.69) is 5.32 Å². The van der Waals surface area contributed by atoms with Crippen LogP contribution < -0.4 is 5.32 Å². The van der Waals surface area contributed by atoms with Gasteiger partial charge < -0.3 is 19.9 Å². The van der Waals surface area contributed by atoms with Gasteiger partial charge in [-0.05, 0) is 50.6 Å². The molecule has 3 saturated heterocycles. The molecule has 3 heterocycles. The Morgan fingerprint density at radius 2 is 1.50 bits per heavy atom. The Morgan fingerprint density at radius 3 is 2.16 bits per heavy atom. The Bertz CT molecular complexity index is 794. The van der Waals surface area contributed by atoms with Gasteiger partial charge in [-0.2, -0.15) is 0 Å². The number of carbonyl (C=O) groups is 3. The molecule has 7 heteroatoms. The minimum atomic E-state index is -0.264. The molecule has 7 nitrogen and oxygen atoms in total. The summed E-state index contributed by atoms with van der Waals surface area (Å²) in [5.41, 5.74) is 0.957. The first-order valence-electron chi connectivity index (χ1n) is 12.1. The third-order valence-corrected chi connectivity index (χ3v) is 7.03. The van der Waals surface area contributed by atoms with Crippen molar-refractivity contribution in [1.29, 1.82) is 0 Å². The summed E-state index contributed by atoms with van der Waals surface area (Å²) >= 11 is 0. The molecule has 0 radical (unpaired) electrons. The van der Waals surface area contributed by atoms with Gasteiger partial charge in [0.25, 0.3) is 0 Å². The van der Waals surface area contributed by atoms with Gasteiger partial charge in [0.1, 0.15) is 6.61 Å². The third kappa shape index (κ3) is 5.88. The largest absolute Gasteiger partial charge is 0.461 e. The van der Waals surface area contributed by atoms with Gasteiger partial charge in [0.2, 0.25) is 11.8 Å². The van der Waals surface area contributed by atoms with E-state index in [1.165, 1.54) is 0 Å². The molecule has 2 amide bonds. The number of likely N-dealkylation sites (tertiary alicyclic amines) is 2. The van der Waals surface area contributed by atoms with E-state index in [9.17, 15) is 14.4 Å². The summed E-state index contributed by atoms with van der Waals surface area (Å²) < 4.78 is 5.43. The number of nitrogens with one attached hydrogen (secondary N) is 1. The summed E-state index contributed by atoms with van der Waals surface area (Å²) in [6, 6.07) is 9.79. The molecule has 1 aromatic carbocycles. The lowest BCUT2D eigenvalue weighted by Gasteiger charge is -2.29. The first-order chi connectivity index (χ1) is 15.6. The highest BCUT2D eigenvalue weighted by molar-refractivity contribution is 5.81. The Morgan fingerprint density at radius 1 is 0.844 bits per heavy atom. The zero-order valence-corrected chi connectivity index (χ0v) is 18.8. The molecule has 1 N–H and O–H groups in total. The van der Waals surface area contributed by atoms with Crippen molar-refractivity contribution < 1.29 is 19.1 Å². The van der Waals surface area contributed by atoms with Crippen molar-refractivity contribution in [1.82, 2.24) is 15.1 Å². The van der Waals surface area contributed by atoms with Crippen LogP contribution in [0.25, 0.3) is 0 Å². The fourth-order valence-corrected chi connectivity index (χ4v) is 5.32. The number of nitrogens with zero attached hydrogens (tertiary/aromatic N) is 2. The van der Waals surface area contributed by atoms with Crippen molar-refractivity contribution in [3.05, 3.63) is 35.9 Å². The van der Waals surface area contributed by atoms with Crippen LogP contribution in [0.3, 0.4) is 0 Å². The second-order valence-corrected chi connectivity index (χ2v) is 9.32. The minimum absolute atomic E-state index is 0.0114. The molecule has 1 aromatic rings. The predicted octanol–water partition coefficient (Wildman–Crippen LogP) is 2.63. The topological polar surface area (TPSA) is 79.0 Å². The van der Waals surface area contributed by atoms with Crippen LogP contribution in [0.2, 0.25) is 0 Å². The van der Waals surface area contributed by atoms with Crippen LogP contribution in [0.5, 0.6) is 0 Å². The standard InChI is InChI=1S/C25H35N3O4/c29-23(15-20-9-4-12-26-20)27-13-5-10-21(27)16-24(30)28-14-6-11-22(28)17-25(31)32-18-19-7-2-1-3-8-19/h1-3,7-8,20-22,26H,4-6,9-18H2/t20-,21-,22-/m0/s1. The molecular formula is C25H35N3O4. The lowest BCUT2D eigenvalue weighted by molar-refractivity contribution is -0.147. The fourth-order valence-electron chi connectivity index (χ4n) is 5.32. The molecule has 3 atom stereocenters. The molecule has 0 unspecified atom stereocenters. The summed E-state index contributed by atoms with van der Waals surface area (Å²) in [4.78, 5) is 42.1. The number of hydrogen-bond donors (Lipinski definition) is 1. The molecular weight excluding hydrogens is 406 g/mol. The van der Waals surface area contributed by atoms with Crippen molar-refractivity contribution in [3.8, 4) is 0 Å². The van der Waals surface area contributed by atoms with Gasteiger partial charge in [-0.1, -0.05) is 30.3 Å². The van der Waals surface area contributed by atoms with Crippen LogP contribution in [-0.4, -0.2) is 65.3 Å². The van der Waals surface area contributed by atoms with Crippen LogP contribution in [0.15, 0.2) is 30.3 Å². The van der Waals surface area contributed by atoms with E-state index in [0.29, 0.717) is 19.4 Å². The Kier molecular flexibility index (Phi) is 7.79. The predicted molar refractivity (Wildman–Crippen MR) is 121 cm³/mol. The first kappa shape index (κ1) is 22.8. The van der Waals surface area contributed by atoms with Crippen LogP contribution in [0.1, 0.15) is 63.4 Å². The smallest absolute Gasteiger partial charge is 0.308 e. The number of hydrogen-bond acceptors (Lipinski definition) is 5.